The van der Waals surface area contributed by atoms with Gasteiger partial charge in [-0.15, -0.1) is 0 Å². The first-order chi connectivity index (χ1) is 10.5. The fourth-order valence-corrected chi connectivity index (χ4v) is 2.14. The van der Waals surface area contributed by atoms with Gasteiger partial charge in [-0.2, -0.15) is 10.4 Å². The summed E-state index contributed by atoms with van der Waals surface area (Å²) in [6, 6.07) is 13.5. The molecule has 0 bridgehead atoms. The Morgan fingerprint density at radius 1 is 1.14 bits per heavy atom. The smallest absolute Gasteiger partial charge is 0.225 e. The van der Waals surface area contributed by atoms with Crippen molar-refractivity contribution in [3.8, 4) is 6.07 Å². The molecule has 0 aliphatic rings. The van der Waals surface area contributed by atoms with Crippen LogP contribution in [0.5, 0.6) is 0 Å². The quantitative estimate of drug-likeness (QED) is 0.510. The first kappa shape index (κ1) is 16.0. The van der Waals surface area contributed by atoms with Gasteiger partial charge in [-0.3, -0.25) is 10.2 Å². The monoisotopic (exact) mass is 331 g/mol. The van der Waals surface area contributed by atoms with Crippen LogP contribution in [0.4, 0.5) is 5.69 Å². The third-order valence-electron chi connectivity index (χ3n) is 3.00. The number of hydrogen-bond acceptors (Lipinski definition) is 4. The molecule has 0 radical (unpaired) electrons. The Hall–Kier alpha value is -2.35. The van der Waals surface area contributed by atoms with Crippen LogP contribution in [0.3, 0.4) is 0 Å². The molecule has 2 rings (SSSR count). The molecule has 0 saturated heterocycles. The fraction of sp³-hybridized carbons (Fsp3) is 0.0625. The van der Waals surface area contributed by atoms with Crippen molar-refractivity contribution in [1.82, 2.24) is 0 Å². The van der Waals surface area contributed by atoms with E-state index in [9.17, 15) is 4.79 Å². The SMILES string of the molecule is Cc1c(Cl)cccc1N/N=C(/C#N)C(=O)c1ccccc1Cl. The molecule has 2 aromatic rings. The molecule has 2 aromatic carbocycles. The van der Waals surface area contributed by atoms with Crippen LogP contribution in [-0.4, -0.2) is 11.5 Å². The number of nitrogens with zero attached hydrogens (tertiary/aromatic N) is 2. The van der Waals surface area contributed by atoms with E-state index in [0.717, 1.165) is 5.56 Å². The topological polar surface area (TPSA) is 65.2 Å². The van der Waals surface area contributed by atoms with E-state index in [1.165, 1.54) is 0 Å². The molecule has 0 amide bonds. The zero-order chi connectivity index (χ0) is 16.1. The van der Waals surface area contributed by atoms with Gasteiger partial charge < -0.3 is 0 Å². The lowest BCUT2D eigenvalue weighted by Gasteiger charge is -2.07. The van der Waals surface area contributed by atoms with E-state index in [1.54, 1.807) is 48.5 Å². The molecule has 0 atom stereocenters. The summed E-state index contributed by atoms with van der Waals surface area (Å²) < 4.78 is 0. The third kappa shape index (κ3) is 3.45. The third-order valence-corrected chi connectivity index (χ3v) is 3.73. The van der Waals surface area contributed by atoms with Crippen molar-refractivity contribution in [2.45, 2.75) is 6.92 Å². The number of carbonyl (C=O) groups excluding carboxylic acids is 1. The van der Waals surface area contributed by atoms with Crippen molar-refractivity contribution in [3.63, 3.8) is 0 Å². The molecular weight excluding hydrogens is 321 g/mol. The predicted octanol–water partition coefficient (Wildman–Crippen LogP) is 4.48. The number of nitriles is 1. The van der Waals surface area contributed by atoms with Crippen molar-refractivity contribution >= 4 is 40.4 Å². The summed E-state index contributed by atoms with van der Waals surface area (Å²) in [5, 5.41) is 13.8. The molecule has 0 fully saturated rings. The standard InChI is InChI=1S/C16H11Cl2N3O/c1-10-12(17)7-4-8-14(10)20-21-15(9-19)16(22)11-5-2-3-6-13(11)18/h2-8,20H,1H3/b21-15-. The predicted molar refractivity (Wildman–Crippen MR) is 88.6 cm³/mol. The van der Waals surface area contributed by atoms with Crippen LogP contribution in [0.25, 0.3) is 0 Å². The number of carbonyl (C=O) groups is 1. The van der Waals surface area contributed by atoms with Gasteiger partial charge in [0.15, 0.2) is 0 Å². The summed E-state index contributed by atoms with van der Waals surface area (Å²) >= 11 is 12.0. The molecule has 22 heavy (non-hydrogen) atoms. The van der Waals surface area contributed by atoms with Crippen LogP contribution in [0.15, 0.2) is 47.6 Å². The van der Waals surface area contributed by atoms with Crippen molar-refractivity contribution in [1.29, 1.82) is 5.26 Å². The van der Waals surface area contributed by atoms with Gasteiger partial charge in [0.25, 0.3) is 0 Å². The normalized spacial score (nSPS) is 10.9. The van der Waals surface area contributed by atoms with Crippen molar-refractivity contribution in [3.05, 3.63) is 63.6 Å². The van der Waals surface area contributed by atoms with E-state index < -0.39 is 5.78 Å². The van der Waals surface area contributed by atoms with Crippen LogP contribution in [-0.2, 0) is 0 Å². The van der Waals surface area contributed by atoms with Gasteiger partial charge in [-0.05, 0) is 36.8 Å². The highest BCUT2D eigenvalue weighted by atomic mass is 35.5. The van der Waals surface area contributed by atoms with E-state index in [-0.39, 0.29) is 16.3 Å². The summed E-state index contributed by atoms with van der Waals surface area (Å²) in [4.78, 5) is 12.3. The average Bonchev–Trinajstić information content (AvgIpc) is 2.52. The number of hydrogen-bond donors (Lipinski definition) is 1. The average molecular weight is 332 g/mol. The molecule has 0 aliphatic heterocycles. The summed E-state index contributed by atoms with van der Waals surface area (Å²) in [5.74, 6) is -0.541. The molecule has 110 valence electrons. The summed E-state index contributed by atoms with van der Waals surface area (Å²) in [5.41, 5.74) is 4.03. The summed E-state index contributed by atoms with van der Waals surface area (Å²) in [6.07, 6.45) is 0. The van der Waals surface area contributed by atoms with Crippen molar-refractivity contribution < 1.29 is 4.79 Å². The van der Waals surface area contributed by atoms with E-state index in [0.29, 0.717) is 10.7 Å². The van der Waals surface area contributed by atoms with Gasteiger partial charge in [-0.25, -0.2) is 0 Å². The lowest BCUT2D eigenvalue weighted by atomic mass is 10.1. The van der Waals surface area contributed by atoms with Crippen LogP contribution in [0.2, 0.25) is 10.0 Å². The van der Waals surface area contributed by atoms with Crippen LogP contribution >= 0.6 is 23.2 Å². The Labute approximate surface area is 138 Å². The highest BCUT2D eigenvalue weighted by Crippen LogP contribution is 2.23. The molecule has 4 nitrogen and oxygen atoms in total. The first-order valence-electron chi connectivity index (χ1n) is 6.32. The second-order valence-corrected chi connectivity index (χ2v) is 5.22. The number of nitrogens with one attached hydrogen (secondary N) is 1. The molecule has 0 aliphatic carbocycles. The second kappa shape index (κ2) is 7.08. The maximum atomic E-state index is 12.3. The molecule has 0 aromatic heterocycles. The molecule has 1 N–H and O–H groups in total. The van der Waals surface area contributed by atoms with Crippen LogP contribution < -0.4 is 5.43 Å². The Bertz CT molecular complexity index is 794. The molecule has 0 spiro atoms. The van der Waals surface area contributed by atoms with Gasteiger partial charge >= 0.3 is 0 Å². The number of benzene rings is 2. The number of Topliss-reactive ketones (excluding diaryl/α,β-unsaturated/α-hetero) is 1. The van der Waals surface area contributed by atoms with Gasteiger partial charge in [0.2, 0.25) is 11.5 Å². The summed E-state index contributed by atoms with van der Waals surface area (Å²) in [6.45, 7) is 1.81. The number of ketones is 1. The number of rotatable bonds is 4. The van der Waals surface area contributed by atoms with Gasteiger partial charge in [-0.1, -0.05) is 41.4 Å². The zero-order valence-electron chi connectivity index (χ0n) is 11.6. The minimum absolute atomic E-state index is 0.231. The Kier molecular flexibility index (Phi) is 5.16. The second-order valence-electron chi connectivity index (χ2n) is 4.41. The molecule has 0 unspecified atom stereocenters. The zero-order valence-corrected chi connectivity index (χ0v) is 13.1. The van der Waals surface area contributed by atoms with Crippen LogP contribution in [0, 0.1) is 18.3 Å². The van der Waals surface area contributed by atoms with Gasteiger partial charge in [0.1, 0.15) is 6.07 Å². The molecular formula is C16H11Cl2N3O. The van der Waals surface area contributed by atoms with E-state index in [1.807, 2.05) is 6.92 Å². The molecule has 0 saturated carbocycles. The maximum Gasteiger partial charge on any atom is 0.225 e. The molecule has 6 heteroatoms. The lowest BCUT2D eigenvalue weighted by Crippen LogP contribution is -2.14. The maximum absolute atomic E-state index is 12.3. The van der Waals surface area contributed by atoms with E-state index >= 15 is 0 Å². The fourth-order valence-electron chi connectivity index (χ4n) is 1.74. The van der Waals surface area contributed by atoms with Crippen molar-refractivity contribution in [2.75, 3.05) is 5.43 Å². The van der Waals surface area contributed by atoms with Gasteiger partial charge in [0.05, 0.1) is 10.7 Å². The number of hydrazone groups is 1. The van der Waals surface area contributed by atoms with Gasteiger partial charge in [0, 0.05) is 10.6 Å². The number of halogens is 2. The Morgan fingerprint density at radius 3 is 2.50 bits per heavy atom. The van der Waals surface area contributed by atoms with E-state index in [2.05, 4.69) is 10.5 Å². The van der Waals surface area contributed by atoms with Crippen LogP contribution in [0.1, 0.15) is 15.9 Å². The molecule has 0 heterocycles. The highest BCUT2D eigenvalue weighted by molar-refractivity contribution is 6.53. The summed E-state index contributed by atoms with van der Waals surface area (Å²) in [7, 11) is 0. The largest absolute Gasteiger partial charge is 0.286 e. The number of anilines is 1. The lowest BCUT2D eigenvalue weighted by molar-refractivity contribution is 0.106. The Balaban J connectivity index is 2.29. The minimum Gasteiger partial charge on any atom is -0.286 e. The Morgan fingerprint density at radius 2 is 1.82 bits per heavy atom. The van der Waals surface area contributed by atoms with E-state index in [4.69, 9.17) is 28.5 Å². The minimum atomic E-state index is -0.541. The first-order valence-corrected chi connectivity index (χ1v) is 7.08. The highest BCUT2D eigenvalue weighted by Gasteiger charge is 2.16. The van der Waals surface area contributed by atoms with Crippen molar-refractivity contribution in [2.24, 2.45) is 5.10 Å².